The van der Waals surface area contributed by atoms with Crippen LogP contribution in [0.5, 0.6) is 0 Å². The predicted octanol–water partition coefficient (Wildman–Crippen LogP) is 2.20. The molecule has 5 heteroatoms. The minimum Gasteiger partial charge on any atom is -0.308 e. The van der Waals surface area contributed by atoms with E-state index in [1.165, 1.54) is 0 Å². The lowest BCUT2D eigenvalue weighted by Crippen LogP contribution is -2.37. The maximum absolute atomic E-state index is 11.0. The van der Waals surface area contributed by atoms with E-state index in [1.807, 2.05) is 27.1 Å². The first kappa shape index (κ1) is 14.6. The first-order chi connectivity index (χ1) is 8.41. The van der Waals surface area contributed by atoms with Crippen molar-refractivity contribution in [3.05, 3.63) is 39.9 Å². The summed E-state index contributed by atoms with van der Waals surface area (Å²) in [5, 5.41) is 14.3. The van der Waals surface area contributed by atoms with Crippen molar-refractivity contribution in [1.29, 1.82) is 0 Å². The number of nitro benzene ring substituents is 1. The molecule has 0 amide bonds. The SMILES string of the molecule is CC(CN(C)C)NC(C)c1ccccc1[N+](=O)[O-]. The van der Waals surface area contributed by atoms with E-state index in [9.17, 15) is 10.1 Å². The summed E-state index contributed by atoms with van der Waals surface area (Å²) in [5.74, 6) is 0. The summed E-state index contributed by atoms with van der Waals surface area (Å²) in [6.45, 7) is 4.92. The Morgan fingerprint density at radius 1 is 1.33 bits per heavy atom. The Morgan fingerprint density at radius 3 is 2.50 bits per heavy atom. The molecule has 0 heterocycles. The molecule has 0 aromatic heterocycles. The Bertz CT molecular complexity index is 407. The number of para-hydroxylation sites is 1. The molecule has 0 saturated heterocycles. The van der Waals surface area contributed by atoms with Gasteiger partial charge in [0.05, 0.1) is 4.92 Å². The van der Waals surface area contributed by atoms with Crippen molar-refractivity contribution in [3.63, 3.8) is 0 Å². The van der Waals surface area contributed by atoms with E-state index < -0.39 is 0 Å². The molecule has 0 radical (unpaired) electrons. The molecule has 1 aromatic carbocycles. The third-order valence-electron chi connectivity index (χ3n) is 2.77. The summed E-state index contributed by atoms with van der Waals surface area (Å²) in [7, 11) is 4.02. The number of benzene rings is 1. The van der Waals surface area contributed by atoms with Crippen LogP contribution in [-0.2, 0) is 0 Å². The van der Waals surface area contributed by atoms with E-state index in [-0.39, 0.29) is 22.7 Å². The first-order valence-corrected chi connectivity index (χ1v) is 6.06. The molecule has 0 bridgehead atoms. The number of nitro groups is 1. The normalized spacial score (nSPS) is 14.5. The Balaban J connectivity index is 2.78. The highest BCUT2D eigenvalue weighted by Gasteiger charge is 2.19. The monoisotopic (exact) mass is 251 g/mol. The van der Waals surface area contributed by atoms with Gasteiger partial charge in [0.15, 0.2) is 0 Å². The maximum atomic E-state index is 11.0. The largest absolute Gasteiger partial charge is 0.308 e. The zero-order valence-electron chi connectivity index (χ0n) is 11.4. The van der Waals surface area contributed by atoms with Gasteiger partial charge in [-0.05, 0) is 27.9 Å². The van der Waals surface area contributed by atoms with Crippen LogP contribution in [-0.4, -0.2) is 36.5 Å². The quantitative estimate of drug-likeness (QED) is 0.622. The van der Waals surface area contributed by atoms with Gasteiger partial charge >= 0.3 is 0 Å². The zero-order chi connectivity index (χ0) is 13.7. The smallest absolute Gasteiger partial charge is 0.274 e. The molecule has 1 rings (SSSR count). The van der Waals surface area contributed by atoms with Crippen molar-refractivity contribution in [3.8, 4) is 0 Å². The molecule has 1 N–H and O–H groups in total. The van der Waals surface area contributed by atoms with Gasteiger partial charge in [-0.3, -0.25) is 10.1 Å². The lowest BCUT2D eigenvalue weighted by molar-refractivity contribution is -0.385. The van der Waals surface area contributed by atoms with Crippen LogP contribution in [0.2, 0.25) is 0 Å². The fourth-order valence-corrected chi connectivity index (χ4v) is 2.14. The predicted molar refractivity (Wildman–Crippen MR) is 72.7 cm³/mol. The van der Waals surface area contributed by atoms with E-state index in [2.05, 4.69) is 17.1 Å². The number of hydrogen-bond acceptors (Lipinski definition) is 4. The molecule has 0 aliphatic rings. The van der Waals surface area contributed by atoms with Crippen LogP contribution in [0.25, 0.3) is 0 Å². The summed E-state index contributed by atoms with van der Waals surface area (Å²) in [4.78, 5) is 12.7. The van der Waals surface area contributed by atoms with Crippen LogP contribution >= 0.6 is 0 Å². The van der Waals surface area contributed by atoms with Gasteiger partial charge in [0.25, 0.3) is 5.69 Å². The third kappa shape index (κ3) is 4.09. The van der Waals surface area contributed by atoms with Crippen molar-refractivity contribution in [2.75, 3.05) is 20.6 Å². The van der Waals surface area contributed by atoms with Gasteiger partial charge < -0.3 is 10.2 Å². The number of hydrogen-bond donors (Lipinski definition) is 1. The first-order valence-electron chi connectivity index (χ1n) is 6.06. The Hall–Kier alpha value is -1.46. The highest BCUT2D eigenvalue weighted by atomic mass is 16.6. The Morgan fingerprint density at radius 2 is 1.94 bits per heavy atom. The summed E-state index contributed by atoms with van der Waals surface area (Å²) >= 11 is 0. The maximum Gasteiger partial charge on any atom is 0.274 e. The number of likely N-dealkylation sites (N-methyl/N-ethyl adjacent to an activating group) is 1. The lowest BCUT2D eigenvalue weighted by atomic mass is 10.1. The van der Waals surface area contributed by atoms with Crippen molar-refractivity contribution >= 4 is 5.69 Å². The van der Waals surface area contributed by atoms with Crippen molar-refractivity contribution in [2.45, 2.75) is 25.9 Å². The van der Waals surface area contributed by atoms with Gasteiger partial charge in [-0.15, -0.1) is 0 Å². The third-order valence-corrected chi connectivity index (χ3v) is 2.77. The lowest BCUT2D eigenvalue weighted by Gasteiger charge is -2.22. The molecule has 1 aromatic rings. The van der Waals surface area contributed by atoms with Crippen LogP contribution in [0.4, 0.5) is 5.69 Å². The van der Waals surface area contributed by atoms with E-state index >= 15 is 0 Å². The second-order valence-electron chi connectivity index (χ2n) is 4.87. The molecule has 0 saturated carbocycles. The molecule has 5 nitrogen and oxygen atoms in total. The van der Waals surface area contributed by atoms with E-state index in [1.54, 1.807) is 18.2 Å². The van der Waals surface area contributed by atoms with Gasteiger partial charge in [0.2, 0.25) is 0 Å². The van der Waals surface area contributed by atoms with Gasteiger partial charge in [0, 0.05) is 30.3 Å². The molecule has 0 aliphatic heterocycles. The van der Waals surface area contributed by atoms with Crippen LogP contribution in [0, 0.1) is 10.1 Å². The molecular formula is C13H21N3O2. The summed E-state index contributed by atoms with van der Waals surface area (Å²) in [5.41, 5.74) is 0.905. The van der Waals surface area contributed by atoms with Crippen LogP contribution in [0.3, 0.4) is 0 Å². The van der Waals surface area contributed by atoms with Crippen LogP contribution in [0.15, 0.2) is 24.3 Å². The average molecular weight is 251 g/mol. The molecule has 0 aliphatic carbocycles. The standard InChI is InChI=1S/C13H21N3O2/c1-10(9-15(3)4)14-11(2)12-7-5-6-8-13(12)16(17)18/h5-8,10-11,14H,9H2,1-4H3. The van der Waals surface area contributed by atoms with E-state index in [0.717, 1.165) is 12.1 Å². The van der Waals surface area contributed by atoms with Gasteiger partial charge in [0.1, 0.15) is 0 Å². The number of nitrogens with zero attached hydrogens (tertiary/aromatic N) is 2. The number of nitrogens with one attached hydrogen (secondary N) is 1. The van der Waals surface area contributed by atoms with Crippen molar-refractivity contribution < 1.29 is 4.92 Å². The minimum absolute atomic E-state index is 0.0402. The fourth-order valence-electron chi connectivity index (χ4n) is 2.14. The summed E-state index contributed by atoms with van der Waals surface area (Å²) in [6, 6.07) is 7.10. The fraction of sp³-hybridized carbons (Fsp3) is 0.538. The van der Waals surface area contributed by atoms with Crippen LogP contribution in [0.1, 0.15) is 25.5 Å². The topological polar surface area (TPSA) is 58.4 Å². The highest BCUT2D eigenvalue weighted by molar-refractivity contribution is 5.41. The van der Waals surface area contributed by atoms with E-state index in [4.69, 9.17) is 0 Å². The second-order valence-corrected chi connectivity index (χ2v) is 4.87. The molecule has 100 valence electrons. The summed E-state index contributed by atoms with van der Waals surface area (Å²) < 4.78 is 0. The second kappa shape index (κ2) is 6.47. The average Bonchev–Trinajstić information content (AvgIpc) is 2.27. The van der Waals surface area contributed by atoms with Gasteiger partial charge in [-0.25, -0.2) is 0 Å². The molecule has 2 atom stereocenters. The number of rotatable bonds is 6. The molecular weight excluding hydrogens is 230 g/mol. The highest BCUT2D eigenvalue weighted by Crippen LogP contribution is 2.24. The Labute approximate surface area is 108 Å². The van der Waals surface area contributed by atoms with Gasteiger partial charge in [-0.2, -0.15) is 0 Å². The summed E-state index contributed by atoms with van der Waals surface area (Å²) in [6.07, 6.45) is 0. The van der Waals surface area contributed by atoms with Crippen LogP contribution < -0.4 is 5.32 Å². The minimum atomic E-state index is -0.329. The zero-order valence-corrected chi connectivity index (χ0v) is 11.4. The Kier molecular flexibility index (Phi) is 5.25. The molecule has 2 unspecified atom stereocenters. The molecule has 0 spiro atoms. The molecule has 0 fully saturated rings. The van der Waals surface area contributed by atoms with Gasteiger partial charge in [-0.1, -0.05) is 18.2 Å². The van der Waals surface area contributed by atoms with Crippen molar-refractivity contribution in [1.82, 2.24) is 10.2 Å². The molecule has 18 heavy (non-hydrogen) atoms. The van der Waals surface area contributed by atoms with E-state index in [0.29, 0.717) is 0 Å². The van der Waals surface area contributed by atoms with Crippen molar-refractivity contribution in [2.24, 2.45) is 0 Å².